The van der Waals surface area contributed by atoms with Gasteiger partial charge in [0.2, 0.25) is 0 Å². The number of benzene rings is 1. The summed E-state index contributed by atoms with van der Waals surface area (Å²) in [5.41, 5.74) is 1.75. The number of hydrogen-bond donors (Lipinski definition) is 1. The summed E-state index contributed by atoms with van der Waals surface area (Å²) in [6.07, 6.45) is 1.72. The van der Waals surface area contributed by atoms with Gasteiger partial charge in [-0.05, 0) is 50.1 Å². The lowest BCUT2D eigenvalue weighted by Gasteiger charge is -2.07. The number of nitrogens with zero attached hydrogens (tertiary/aromatic N) is 2. The second-order valence-corrected chi connectivity index (χ2v) is 5.51. The second kappa shape index (κ2) is 6.12. The standard InChI is InChI=1S/C12H9Br2N3O2/c13-8-5-11(14)12(16-6-8)7-15-9-1-3-10(4-2-9)17(18)19/h1-6,15H,7H2. The molecule has 0 radical (unpaired) electrons. The summed E-state index contributed by atoms with van der Waals surface area (Å²) in [7, 11) is 0. The van der Waals surface area contributed by atoms with Gasteiger partial charge in [0.25, 0.3) is 5.69 Å². The van der Waals surface area contributed by atoms with Crippen molar-refractivity contribution in [2.45, 2.75) is 6.54 Å². The maximum atomic E-state index is 10.5. The minimum atomic E-state index is -0.420. The van der Waals surface area contributed by atoms with Crippen LogP contribution in [0.3, 0.4) is 0 Å². The molecule has 0 aliphatic carbocycles. The molecule has 0 amide bonds. The highest BCUT2D eigenvalue weighted by atomic mass is 79.9. The van der Waals surface area contributed by atoms with Crippen LogP contribution in [0.5, 0.6) is 0 Å². The van der Waals surface area contributed by atoms with E-state index in [0.29, 0.717) is 6.54 Å². The van der Waals surface area contributed by atoms with Crippen LogP contribution >= 0.6 is 31.9 Å². The van der Waals surface area contributed by atoms with Gasteiger partial charge in [-0.25, -0.2) is 0 Å². The molecule has 1 aromatic heterocycles. The van der Waals surface area contributed by atoms with E-state index in [1.807, 2.05) is 6.07 Å². The number of rotatable bonds is 4. The van der Waals surface area contributed by atoms with E-state index in [9.17, 15) is 10.1 Å². The van der Waals surface area contributed by atoms with Gasteiger partial charge in [-0.15, -0.1) is 0 Å². The first kappa shape index (κ1) is 14.0. The molecule has 0 saturated carbocycles. The summed E-state index contributed by atoms with van der Waals surface area (Å²) in [6, 6.07) is 8.19. The van der Waals surface area contributed by atoms with Crippen molar-refractivity contribution in [3.05, 3.63) is 61.3 Å². The van der Waals surface area contributed by atoms with Crippen molar-refractivity contribution >= 4 is 43.2 Å². The average Bonchev–Trinajstić information content (AvgIpc) is 2.38. The molecule has 2 rings (SSSR count). The third kappa shape index (κ3) is 3.74. The number of nitro groups is 1. The second-order valence-electron chi connectivity index (χ2n) is 3.74. The Balaban J connectivity index is 2.04. The quantitative estimate of drug-likeness (QED) is 0.633. The predicted octanol–water partition coefficient (Wildman–Crippen LogP) is 4.13. The Morgan fingerprint density at radius 1 is 1.26 bits per heavy atom. The fraction of sp³-hybridized carbons (Fsp3) is 0.0833. The van der Waals surface area contributed by atoms with E-state index in [0.717, 1.165) is 20.3 Å². The molecule has 0 atom stereocenters. The monoisotopic (exact) mass is 385 g/mol. The van der Waals surface area contributed by atoms with E-state index in [2.05, 4.69) is 42.2 Å². The molecule has 1 aromatic carbocycles. The molecule has 0 bridgehead atoms. The van der Waals surface area contributed by atoms with Gasteiger partial charge in [0.1, 0.15) is 0 Å². The first-order valence-corrected chi connectivity index (χ1v) is 6.93. The molecular formula is C12H9Br2N3O2. The van der Waals surface area contributed by atoms with Gasteiger partial charge in [0.15, 0.2) is 0 Å². The maximum Gasteiger partial charge on any atom is 0.269 e. The summed E-state index contributed by atoms with van der Waals surface area (Å²) >= 11 is 6.77. The molecule has 2 aromatic rings. The largest absolute Gasteiger partial charge is 0.379 e. The van der Waals surface area contributed by atoms with Crippen LogP contribution in [-0.2, 0) is 6.54 Å². The van der Waals surface area contributed by atoms with Crippen LogP contribution in [-0.4, -0.2) is 9.91 Å². The van der Waals surface area contributed by atoms with Crippen LogP contribution in [0.15, 0.2) is 45.5 Å². The van der Waals surface area contributed by atoms with Crippen molar-refractivity contribution in [3.63, 3.8) is 0 Å². The van der Waals surface area contributed by atoms with Crippen LogP contribution in [0.2, 0.25) is 0 Å². The van der Waals surface area contributed by atoms with Crippen molar-refractivity contribution in [1.82, 2.24) is 4.98 Å². The highest BCUT2D eigenvalue weighted by molar-refractivity contribution is 9.11. The molecular weight excluding hydrogens is 378 g/mol. The molecule has 5 nitrogen and oxygen atoms in total. The van der Waals surface area contributed by atoms with Gasteiger partial charge in [-0.3, -0.25) is 15.1 Å². The summed E-state index contributed by atoms with van der Waals surface area (Å²) < 4.78 is 1.80. The number of halogens is 2. The smallest absolute Gasteiger partial charge is 0.269 e. The van der Waals surface area contributed by atoms with E-state index >= 15 is 0 Å². The molecule has 0 aliphatic heterocycles. The van der Waals surface area contributed by atoms with Gasteiger partial charge in [0.05, 0.1) is 17.2 Å². The van der Waals surface area contributed by atoms with Crippen molar-refractivity contribution in [2.75, 3.05) is 5.32 Å². The lowest BCUT2D eigenvalue weighted by atomic mass is 10.2. The first-order chi connectivity index (χ1) is 9.06. The molecule has 7 heteroatoms. The van der Waals surface area contributed by atoms with E-state index < -0.39 is 4.92 Å². The van der Waals surface area contributed by atoms with Crippen LogP contribution in [0.4, 0.5) is 11.4 Å². The van der Waals surface area contributed by atoms with Crippen molar-refractivity contribution < 1.29 is 4.92 Å². The number of hydrogen-bond acceptors (Lipinski definition) is 4. The fourth-order valence-electron chi connectivity index (χ4n) is 1.46. The topological polar surface area (TPSA) is 68.1 Å². The SMILES string of the molecule is O=[N+]([O-])c1ccc(NCc2ncc(Br)cc2Br)cc1. The van der Waals surface area contributed by atoms with Gasteiger partial charge >= 0.3 is 0 Å². The zero-order valence-electron chi connectivity index (χ0n) is 9.64. The summed E-state index contributed by atoms with van der Waals surface area (Å²) in [6.45, 7) is 0.533. The van der Waals surface area contributed by atoms with Gasteiger partial charge in [0, 0.05) is 33.0 Å². The van der Waals surface area contributed by atoms with Crippen LogP contribution in [0, 0.1) is 10.1 Å². The van der Waals surface area contributed by atoms with E-state index in [-0.39, 0.29) is 5.69 Å². The van der Waals surface area contributed by atoms with Crippen molar-refractivity contribution in [2.24, 2.45) is 0 Å². The normalized spacial score (nSPS) is 10.2. The van der Waals surface area contributed by atoms with Crippen molar-refractivity contribution in [3.8, 4) is 0 Å². The van der Waals surface area contributed by atoms with E-state index in [1.54, 1.807) is 18.3 Å². The molecule has 0 spiro atoms. The summed E-state index contributed by atoms with van der Waals surface area (Å²) in [5, 5.41) is 13.7. The van der Waals surface area contributed by atoms with Gasteiger partial charge < -0.3 is 5.32 Å². The molecule has 0 saturated heterocycles. The van der Waals surface area contributed by atoms with Crippen molar-refractivity contribution in [1.29, 1.82) is 0 Å². The minimum absolute atomic E-state index is 0.0773. The van der Waals surface area contributed by atoms with E-state index in [4.69, 9.17) is 0 Å². The van der Waals surface area contributed by atoms with Gasteiger partial charge in [-0.2, -0.15) is 0 Å². The highest BCUT2D eigenvalue weighted by Crippen LogP contribution is 2.21. The summed E-state index contributed by atoms with van der Waals surface area (Å²) in [4.78, 5) is 14.4. The zero-order chi connectivity index (χ0) is 13.8. The number of pyridine rings is 1. The molecule has 98 valence electrons. The molecule has 0 unspecified atom stereocenters. The average molecular weight is 387 g/mol. The molecule has 0 fully saturated rings. The molecule has 1 N–H and O–H groups in total. The number of aromatic nitrogens is 1. The Morgan fingerprint density at radius 2 is 1.95 bits per heavy atom. The van der Waals surface area contributed by atoms with Crippen LogP contribution < -0.4 is 5.32 Å². The molecule has 0 aliphatic rings. The number of nitro benzene ring substituents is 1. The number of nitrogens with one attached hydrogen (secondary N) is 1. The fourth-order valence-corrected chi connectivity index (χ4v) is 2.59. The van der Waals surface area contributed by atoms with Gasteiger partial charge in [-0.1, -0.05) is 0 Å². The predicted molar refractivity (Wildman–Crippen MR) is 80.1 cm³/mol. The third-order valence-electron chi connectivity index (χ3n) is 2.42. The Labute approximate surface area is 126 Å². The molecule has 1 heterocycles. The Hall–Kier alpha value is -1.47. The zero-order valence-corrected chi connectivity index (χ0v) is 12.8. The van der Waals surface area contributed by atoms with E-state index in [1.165, 1.54) is 12.1 Å². The maximum absolute atomic E-state index is 10.5. The number of anilines is 1. The van der Waals surface area contributed by atoms with Crippen LogP contribution in [0.25, 0.3) is 0 Å². The third-order valence-corrected chi connectivity index (χ3v) is 3.54. The number of non-ortho nitro benzene ring substituents is 1. The first-order valence-electron chi connectivity index (χ1n) is 5.34. The Kier molecular flexibility index (Phi) is 4.49. The Bertz CT molecular complexity index is 602. The summed E-state index contributed by atoms with van der Waals surface area (Å²) in [5.74, 6) is 0. The lowest BCUT2D eigenvalue weighted by Crippen LogP contribution is -2.02. The minimum Gasteiger partial charge on any atom is -0.379 e. The van der Waals surface area contributed by atoms with Crippen LogP contribution in [0.1, 0.15) is 5.69 Å². The highest BCUT2D eigenvalue weighted by Gasteiger charge is 2.05. The molecule has 19 heavy (non-hydrogen) atoms. The Morgan fingerprint density at radius 3 is 2.53 bits per heavy atom. The lowest BCUT2D eigenvalue weighted by molar-refractivity contribution is -0.384.